The molecule has 2 heterocycles. The third kappa shape index (κ3) is 1.42. The van der Waals surface area contributed by atoms with Gasteiger partial charge >= 0.3 is 0 Å². The number of rotatable bonds is 2. The fraction of sp³-hybridized carbons (Fsp3) is 0. The smallest absolute Gasteiger partial charge is 0.230 e. The van der Waals surface area contributed by atoms with Crippen molar-refractivity contribution in [1.29, 1.82) is 0 Å². The fourth-order valence-electron chi connectivity index (χ4n) is 0.843. The largest absolute Gasteiger partial charge is 0.339 e. The van der Waals surface area contributed by atoms with Crippen LogP contribution in [0.1, 0.15) is 0 Å². The first kappa shape index (κ1) is 6.84. The zero-order valence-corrected chi connectivity index (χ0v) is 6.27. The van der Waals surface area contributed by atoms with Gasteiger partial charge in [0.15, 0.2) is 0 Å². The summed E-state index contributed by atoms with van der Waals surface area (Å²) in [7, 11) is 0. The van der Waals surface area contributed by atoms with Crippen molar-refractivity contribution in [1.82, 2.24) is 10.1 Å². The summed E-state index contributed by atoms with van der Waals surface area (Å²) < 4.78 is 4.84. The van der Waals surface area contributed by atoms with Crippen LogP contribution in [0.4, 0.5) is 11.7 Å². The second kappa shape index (κ2) is 3.04. The summed E-state index contributed by atoms with van der Waals surface area (Å²) >= 11 is 0. The Balaban J connectivity index is 2.15. The molecule has 0 atom stereocenters. The first-order valence-corrected chi connectivity index (χ1v) is 3.54. The molecule has 0 bridgehead atoms. The first-order valence-electron chi connectivity index (χ1n) is 3.54. The minimum atomic E-state index is 0.591. The van der Waals surface area contributed by atoms with E-state index in [9.17, 15) is 0 Å². The molecule has 0 aromatic carbocycles. The second-order valence-corrected chi connectivity index (χ2v) is 2.22. The lowest BCUT2D eigenvalue weighted by Crippen LogP contribution is -1.89. The Labute approximate surface area is 69.2 Å². The fourth-order valence-corrected chi connectivity index (χ4v) is 0.843. The predicted molar refractivity (Wildman–Crippen MR) is 44.0 cm³/mol. The summed E-state index contributed by atoms with van der Waals surface area (Å²) in [5.41, 5.74) is 0. The van der Waals surface area contributed by atoms with E-state index in [1.165, 1.54) is 0 Å². The highest BCUT2D eigenvalue weighted by molar-refractivity contribution is 5.48. The molecule has 0 fully saturated rings. The number of hydrogen-bond acceptors (Lipinski definition) is 4. The molecule has 2 aromatic heterocycles. The molecule has 0 saturated carbocycles. The molecule has 0 saturated heterocycles. The van der Waals surface area contributed by atoms with E-state index in [1.54, 1.807) is 18.5 Å². The van der Waals surface area contributed by atoms with Gasteiger partial charge in [-0.05, 0) is 12.1 Å². The summed E-state index contributed by atoms with van der Waals surface area (Å²) in [4.78, 5) is 4.05. The number of aromatic nitrogens is 2. The number of hydrogen-bond donors (Lipinski definition) is 1. The van der Waals surface area contributed by atoms with Crippen molar-refractivity contribution < 1.29 is 4.52 Å². The number of nitrogens with one attached hydrogen (secondary N) is 1. The molecule has 0 aliphatic carbocycles. The third-order valence-electron chi connectivity index (χ3n) is 1.35. The van der Waals surface area contributed by atoms with Gasteiger partial charge in [0.05, 0.1) is 6.20 Å². The maximum Gasteiger partial charge on any atom is 0.230 e. The Hall–Kier alpha value is -1.84. The van der Waals surface area contributed by atoms with Gasteiger partial charge in [-0.15, -0.1) is 0 Å². The molecule has 2 rings (SSSR count). The van der Waals surface area contributed by atoms with Gasteiger partial charge in [0.25, 0.3) is 0 Å². The lowest BCUT2D eigenvalue weighted by atomic mass is 10.4. The van der Waals surface area contributed by atoms with Crippen LogP contribution >= 0.6 is 0 Å². The Bertz CT molecular complexity index is 330. The van der Waals surface area contributed by atoms with Crippen molar-refractivity contribution in [2.45, 2.75) is 0 Å². The zero-order valence-electron chi connectivity index (χ0n) is 6.27. The number of pyridine rings is 1. The van der Waals surface area contributed by atoms with E-state index in [0.717, 1.165) is 5.82 Å². The van der Waals surface area contributed by atoms with Crippen LogP contribution in [0.3, 0.4) is 0 Å². The van der Waals surface area contributed by atoms with Gasteiger partial charge in [0, 0.05) is 12.3 Å². The zero-order chi connectivity index (χ0) is 8.23. The molecule has 4 heteroatoms. The quantitative estimate of drug-likeness (QED) is 0.729. The minimum absolute atomic E-state index is 0.591. The van der Waals surface area contributed by atoms with Crippen LogP contribution < -0.4 is 5.32 Å². The summed E-state index contributed by atoms with van der Waals surface area (Å²) in [6.45, 7) is 0. The molecule has 0 radical (unpaired) electrons. The van der Waals surface area contributed by atoms with Gasteiger partial charge in [-0.1, -0.05) is 11.2 Å². The molecule has 1 N–H and O–H groups in total. The molecule has 2 aromatic rings. The number of nitrogens with zero attached hydrogens (tertiary/aromatic N) is 2. The van der Waals surface area contributed by atoms with Crippen LogP contribution in [0.25, 0.3) is 0 Å². The summed E-state index contributed by atoms with van der Waals surface area (Å²) in [5.74, 6) is 1.34. The van der Waals surface area contributed by atoms with E-state index in [1.807, 2.05) is 18.2 Å². The van der Waals surface area contributed by atoms with Crippen LogP contribution in [-0.4, -0.2) is 10.1 Å². The maximum atomic E-state index is 4.84. The van der Waals surface area contributed by atoms with Gasteiger partial charge in [-0.3, -0.25) is 0 Å². The summed E-state index contributed by atoms with van der Waals surface area (Å²) in [6.07, 6.45) is 3.28. The molecule has 0 unspecified atom stereocenters. The summed E-state index contributed by atoms with van der Waals surface area (Å²) in [5, 5.41) is 6.50. The van der Waals surface area contributed by atoms with Gasteiger partial charge in [-0.2, -0.15) is 0 Å². The Kier molecular flexibility index (Phi) is 1.74. The Morgan fingerprint density at radius 1 is 1.17 bits per heavy atom. The van der Waals surface area contributed by atoms with Gasteiger partial charge in [0.2, 0.25) is 5.88 Å². The van der Waals surface area contributed by atoms with E-state index in [0.29, 0.717) is 5.88 Å². The molecule has 12 heavy (non-hydrogen) atoms. The molecule has 0 spiro atoms. The first-order chi connectivity index (χ1) is 5.95. The summed E-state index contributed by atoms with van der Waals surface area (Å²) in [6, 6.07) is 7.33. The van der Waals surface area contributed by atoms with Crippen molar-refractivity contribution in [3.05, 3.63) is 36.7 Å². The highest BCUT2D eigenvalue weighted by Gasteiger charge is 1.95. The van der Waals surface area contributed by atoms with E-state index in [4.69, 9.17) is 4.52 Å². The second-order valence-electron chi connectivity index (χ2n) is 2.22. The molecule has 60 valence electrons. The van der Waals surface area contributed by atoms with Crippen molar-refractivity contribution >= 4 is 11.7 Å². The molecule has 0 aliphatic heterocycles. The van der Waals surface area contributed by atoms with Crippen molar-refractivity contribution in [2.24, 2.45) is 0 Å². The highest BCUT2D eigenvalue weighted by atomic mass is 16.5. The highest BCUT2D eigenvalue weighted by Crippen LogP contribution is 2.11. The van der Waals surface area contributed by atoms with E-state index < -0.39 is 0 Å². The van der Waals surface area contributed by atoms with Crippen molar-refractivity contribution in [2.75, 3.05) is 5.32 Å². The van der Waals surface area contributed by atoms with Crippen LogP contribution in [0, 0.1) is 0 Å². The van der Waals surface area contributed by atoms with Crippen LogP contribution in [0.5, 0.6) is 0 Å². The van der Waals surface area contributed by atoms with Crippen LogP contribution in [-0.2, 0) is 0 Å². The van der Waals surface area contributed by atoms with Gasteiger partial charge < -0.3 is 9.84 Å². The van der Waals surface area contributed by atoms with E-state index in [2.05, 4.69) is 15.5 Å². The van der Waals surface area contributed by atoms with Gasteiger partial charge in [-0.25, -0.2) is 4.98 Å². The average Bonchev–Trinajstić information content (AvgIpc) is 2.59. The van der Waals surface area contributed by atoms with Crippen molar-refractivity contribution in [3.63, 3.8) is 0 Å². The maximum absolute atomic E-state index is 4.84. The average molecular weight is 161 g/mol. The lowest BCUT2D eigenvalue weighted by molar-refractivity contribution is 0.435. The monoisotopic (exact) mass is 161 g/mol. The SMILES string of the molecule is c1ccc(Nc2ccno2)nc1. The molecular weight excluding hydrogens is 154 g/mol. The molecule has 0 amide bonds. The standard InChI is InChI=1S/C8H7N3O/c1-2-5-9-7(3-1)11-8-4-6-10-12-8/h1-6H,(H,9,11). The molecule has 0 aliphatic rings. The Morgan fingerprint density at radius 3 is 2.83 bits per heavy atom. The number of anilines is 2. The molecular formula is C8H7N3O. The Morgan fingerprint density at radius 2 is 2.17 bits per heavy atom. The van der Waals surface area contributed by atoms with E-state index in [-0.39, 0.29) is 0 Å². The van der Waals surface area contributed by atoms with Crippen molar-refractivity contribution in [3.8, 4) is 0 Å². The third-order valence-corrected chi connectivity index (χ3v) is 1.35. The van der Waals surface area contributed by atoms with E-state index >= 15 is 0 Å². The van der Waals surface area contributed by atoms with Crippen LogP contribution in [0.2, 0.25) is 0 Å². The van der Waals surface area contributed by atoms with Gasteiger partial charge in [0.1, 0.15) is 5.82 Å². The topological polar surface area (TPSA) is 51.0 Å². The predicted octanol–water partition coefficient (Wildman–Crippen LogP) is 1.81. The minimum Gasteiger partial charge on any atom is -0.339 e. The lowest BCUT2D eigenvalue weighted by Gasteiger charge is -1.97. The normalized spacial score (nSPS) is 9.67. The molecule has 4 nitrogen and oxygen atoms in total. The van der Waals surface area contributed by atoms with Crippen LogP contribution in [0.15, 0.2) is 41.2 Å².